The number of hydrogen-bond donors (Lipinski definition) is 1. The van der Waals surface area contributed by atoms with E-state index in [1.807, 2.05) is 5.32 Å². The van der Waals surface area contributed by atoms with Gasteiger partial charge in [-0.3, -0.25) is 14.9 Å². The van der Waals surface area contributed by atoms with E-state index in [0.717, 1.165) is 12.1 Å². The second-order valence-electron chi connectivity index (χ2n) is 5.53. The van der Waals surface area contributed by atoms with E-state index in [1.165, 1.54) is 6.08 Å². The van der Waals surface area contributed by atoms with Gasteiger partial charge in [-0.1, -0.05) is 41.9 Å². The van der Waals surface area contributed by atoms with Crippen LogP contribution < -0.4 is 10.2 Å². The second-order valence-corrected chi connectivity index (χ2v) is 5.94. The van der Waals surface area contributed by atoms with Crippen LogP contribution in [0, 0.1) is 0 Å². The number of urea groups is 1. The minimum Gasteiger partial charge on any atom is -0.273 e. The SMILES string of the molecule is O=C1NC(=O)N(c2cc(C(F)(F)F)ccc2Cl)C(=O)/C1=C\c1ccccc1. The summed E-state index contributed by atoms with van der Waals surface area (Å²) >= 11 is 5.91. The molecule has 1 N–H and O–H groups in total. The molecule has 1 fully saturated rings. The lowest BCUT2D eigenvalue weighted by molar-refractivity contribution is -0.137. The van der Waals surface area contributed by atoms with Gasteiger partial charge in [0.05, 0.1) is 16.3 Å². The van der Waals surface area contributed by atoms with Crippen molar-refractivity contribution in [3.05, 3.63) is 70.3 Å². The average Bonchev–Trinajstić information content (AvgIpc) is 2.60. The highest BCUT2D eigenvalue weighted by Crippen LogP contribution is 2.36. The molecule has 0 bridgehead atoms. The van der Waals surface area contributed by atoms with Crippen molar-refractivity contribution in [2.45, 2.75) is 6.18 Å². The second kappa shape index (κ2) is 6.88. The molecule has 0 aliphatic carbocycles. The molecule has 3 rings (SSSR count). The molecule has 4 amide bonds. The lowest BCUT2D eigenvalue weighted by Gasteiger charge is -2.27. The molecule has 1 heterocycles. The Bertz CT molecular complexity index is 972. The number of imide groups is 2. The van der Waals surface area contributed by atoms with E-state index in [1.54, 1.807) is 30.3 Å². The Balaban J connectivity index is 2.08. The topological polar surface area (TPSA) is 66.5 Å². The standard InChI is InChI=1S/C18H10ClF3N2O3/c19-13-7-6-11(18(20,21)22)9-14(13)24-16(26)12(15(25)23-17(24)27)8-10-4-2-1-3-5-10/h1-9H,(H,23,25,27)/b12-8-. The molecule has 0 radical (unpaired) electrons. The zero-order valence-electron chi connectivity index (χ0n) is 13.4. The van der Waals surface area contributed by atoms with Gasteiger partial charge in [0.2, 0.25) is 0 Å². The van der Waals surface area contributed by atoms with Gasteiger partial charge >= 0.3 is 12.2 Å². The summed E-state index contributed by atoms with van der Waals surface area (Å²) in [5.74, 6) is -2.03. The summed E-state index contributed by atoms with van der Waals surface area (Å²) < 4.78 is 38.9. The largest absolute Gasteiger partial charge is 0.416 e. The van der Waals surface area contributed by atoms with Gasteiger partial charge in [0.25, 0.3) is 11.8 Å². The highest BCUT2D eigenvalue weighted by Gasteiger charge is 2.39. The molecule has 0 saturated carbocycles. The van der Waals surface area contributed by atoms with Crippen LogP contribution in [0.5, 0.6) is 0 Å². The Morgan fingerprint density at radius 3 is 2.30 bits per heavy atom. The Morgan fingerprint density at radius 2 is 1.67 bits per heavy atom. The molecular formula is C18H10ClF3N2O3. The summed E-state index contributed by atoms with van der Waals surface area (Å²) in [6.07, 6.45) is -3.47. The number of benzene rings is 2. The smallest absolute Gasteiger partial charge is 0.273 e. The van der Waals surface area contributed by atoms with Crippen LogP contribution in [0.4, 0.5) is 23.7 Å². The first-order valence-electron chi connectivity index (χ1n) is 7.52. The summed E-state index contributed by atoms with van der Waals surface area (Å²) in [4.78, 5) is 37.3. The number of amides is 4. The van der Waals surface area contributed by atoms with Gasteiger partial charge in [-0.05, 0) is 29.8 Å². The predicted molar refractivity (Wildman–Crippen MR) is 91.9 cm³/mol. The first kappa shape index (κ1) is 18.7. The third-order valence-corrected chi connectivity index (χ3v) is 4.05. The Morgan fingerprint density at radius 1 is 1.00 bits per heavy atom. The number of carbonyl (C=O) groups excluding carboxylic acids is 3. The van der Waals surface area contributed by atoms with Crippen molar-refractivity contribution < 1.29 is 27.6 Å². The number of nitrogens with zero attached hydrogens (tertiary/aromatic N) is 1. The molecule has 0 spiro atoms. The van der Waals surface area contributed by atoms with E-state index in [2.05, 4.69) is 0 Å². The highest BCUT2D eigenvalue weighted by atomic mass is 35.5. The fraction of sp³-hybridized carbons (Fsp3) is 0.0556. The van der Waals surface area contributed by atoms with Crippen LogP contribution in [0.2, 0.25) is 5.02 Å². The average molecular weight is 395 g/mol. The molecule has 2 aromatic carbocycles. The van der Waals surface area contributed by atoms with E-state index in [-0.39, 0.29) is 5.02 Å². The van der Waals surface area contributed by atoms with Gasteiger partial charge in [0, 0.05) is 0 Å². The lowest BCUT2D eigenvalue weighted by atomic mass is 10.1. The van der Waals surface area contributed by atoms with Crippen LogP contribution in [-0.2, 0) is 15.8 Å². The maximum absolute atomic E-state index is 13.0. The van der Waals surface area contributed by atoms with Crippen molar-refractivity contribution in [1.29, 1.82) is 0 Å². The maximum atomic E-state index is 13.0. The van der Waals surface area contributed by atoms with Gasteiger partial charge in [-0.15, -0.1) is 0 Å². The fourth-order valence-electron chi connectivity index (χ4n) is 2.45. The molecule has 1 aliphatic rings. The molecule has 0 unspecified atom stereocenters. The number of anilines is 1. The zero-order chi connectivity index (χ0) is 19.8. The molecular weight excluding hydrogens is 385 g/mol. The van der Waals surface area contributed by atoms with Gasteiger partial charge < -0.3 is 0 Å². The van der Waals surface area contributed by atoms with E-state index in [9.17, 15) is 27.6 Å². The van der Waals surface area contributed by atoms with Crippen LogP contribution >= 0.6 is 11.6 Å². The summed E-state index contributed by atoms with van der Waals surface area (Å²) in [6, 6.07) is 9.35. The van der Waals surface area contributed by atoms with E-state index >= 15 is 0 Å². The van der Waals surface area contributed by atoms with Crippen LogP contribution in [0.15, 0.2) is 54.1 Å². The van der Waals surface area contributed by atoms with Gasteiger partial charge in [0.15, 0.2) is 0 Å². The molecule has 0 atom stereocenters. The van der Waals surface area contributed by atoms with Crippen molar-refractivity contribution in [2.24, 2.45) is 0 Å². The van der Waals surface area contributed by atoms with Crippen molar-refractivity contribution in [3.63, 3.8) is 0 Å². The fourth-order valence-corrected chi connectivity index (χ4v) is 2.65. The Kier molecular flexibility index (Phi) is 4.75. The Hall–Kier alpha value is -3.13. The minimum atomic E-state index is -4.70. The van der Waals surface area contributed by atoms with Crippen LogP contribution in [0.1, 0.15) is 11.1 Å². The predicted octanol–water partition coefficient (Wildman–Crippen LogP) is 4.03. The summed E-state index contributed by atoms with van der Waals surface area (Å²) in [5, 5.41) is 1.68. The molecule has 0 aromatic heterocycles. The van der Waals surface area contributed by atoms with Crippen molar-refractivity contribution in [3.8, 4) is 0 Å². The molecule has 138 valence electrons. The van der Waals surface area contributed by atoms with E-state index in [0.29, 0.717) is 16.5 Å². The quantitative estimate of drug-likeness (QED) is 0.618. The summed E-state index contributed by atoms with van der Waals surface area (Å²) in [5.41, 5.74) is -1.47. The number of hydrogen-bond acceptors (Lipinski definition) is 3. The minimum absolute atomic E-state index is 0.250. The van der Waals surface area contributed by atoms with Gasteiger partial charge in [0.1, 0.15) is 5.57 Å². The zero-order valence-corrected chi connectivity index (χ0v) is 14.1. The lowest BCUT2D eigenvalue weighted by Crippen LogP contribution is -2.54. The number of barbiturate groups is 1. The highest BCUT2D eigenvalue weighted by molar-refractivity contribution is 6.42. The third kappa shape index (κ3) is 3.70. The molecule has 5 nitrogen and oxygen atoms in total. The van der Waals surface area contributed by atoms with Crippen molar-refractivity contribution >= 4 is 41.2 Å². The number of carbonyl (C=O) groups is 3. The number of halogens is 4. The summed E-state index contributed by atoms with van der Waals surface area (Å²) in [7, 11) is 0. The van der Waals surface area contributed by atoms with E-state index < -0.39 is 40.8 Å². The first-order valence-corrected chi connectivity index (χ1v) is 7.89. The number of nitrogens with one attached hydrogen (secondary N) is 1. The molecule has 1 saturated heterocycles. The number of alkyl halides is 3. The normalized spacial score (nSPS) is 16.7. The van der Waals surface area contributed by atoms with Gasteiger partial charge in [-0.2, -0.15) is 13.2 Å². The Labute approximate surface area is 156 Å². The summed E-state index contributed by atoms with van der Waals surface area (Å²) in [6.45, 7) is 0. The van der Waals surface area contributed by atoms with E-state index in [4.69, 9.17) is 11.6 Å². The van der Waals surface area contributed by atoms with Gasteiger partial charge in [-0.25, -0.2) is 9.69 Å². The third-order valence-electron chi connectivity index (χ3n) is 3.73. The molecule has 9 heteroatoms. The molecule has 1 aliphatic heterocycles. The monoisotopic (exact) mass is 394 g/mol. The van der Waals surface area contributed by atoms with Crippen LogP contribution in [0.3, 0.4) is 0 Å². The number of rotatable bonds is 2. The van der Waals surface area contributed by atoms with Crippen molar-refractivity contribution in [2.75, 3.05) is 4.90 Å². The molecule has 2 aromatic rings. The first-order chi connectivity index (χ1) is 12.7. The van der Waals surface area contributed by atoms with Crippen LogP contribution in [-0.4, -0.2) is 17.8 Å². The van der Waals surface area contributed by atoms with Crippen molar-refractivity contribution in [1.82, 2.24) is 5.32 Å². The van der Waals surface area contributed by atoms with Crippen LogP contribution in [0.25, 0.3) is 6.08 Å². The maximum Gasteiger partial charge on any atom is 0.416 e. The molecule has 27 heavy (non-hydrogen) atoms.